The van der Waals surface area contributed by atoms with Crippen molar-refractivity contribution in [3.8, 4) is 34.5 Å². The molecule has 0 aliphatic rings. The maximum Gasteiger partial charge on any atom is 0.203 e. The molecule has 2 aromatic carbocycles. The molecule has 0 unspecified atom stereocenters. The molecule has 0 saturated heterocycles. The Morgan fingerprint density at radius 3 is 1.72 bits per heavy atom. The van der Waals surface area contributed by atoms with Crippen LogP contribution in [0.15, 0.2) is 29.3 Å². The Morgan fingerprint density at radius 1 is 0.719 bits per heavy atom. The van der Waals surface area contributed by atoms with Gasteiger partial charge in [0, 0.05) is 37.8 Å². The Balaban J connectivity index is 2.03. The average Bonchev–Trinajstić information content (AvgIpc) is 2.84. The minimum atomic E-state index is 0.519. The third kappa shape index (κ3) is 6.03. The lowest BCUT2D eigenvalue weighted by atomic mass is 10.1. The van der Waals surface area contributed by atoms with Gasteiger partial charge in [-0.25, -0.2) is 0 Å². The number of hydrogen-bond donors (Lipinski definition) is 2. The van der Waals surface area contributed by atoms with E-state index in [4.69, 9.17) is 28.4 Å². The molecule has 32 heavy (non-hydrogen) atoms. The molecular weight excluding hydrogens is 414 g/mol. The molecule has 0 aromatic heterocycles. The lowest BCUT2D eigenvalue weighted by Crippen LogP contribution is -2.37. The van der Waals surface area contributed by atoms with Gasteiger partial charge in [-0.15, -0.1) is 0 Å². The van der Waals surface area contributed by atoms with Gasteiger partial charge in [-0.1, -0.05) is 0 Å². The highest BCUT2D eigenvalue weighted by Crippen LogP contribution is 2.38. The van der Waals surface area contributed by atoms with Crippen LogP contribution in [0.2, 0.25) is 0 Å². The minimum Gasteiger partial charge on any atom is -0.496 e. The van der Waals surface area contributed by atoms with Crippen LogP contribution in [0.5, 0.6) is 34.5 Å². The highest BCUT2D eigenvalue weighted by Gasteiger charge is 2.15. The molecule has 0 bridgehead atoms. The average molecular weight is 448 g/mol. The standard InChI is InChI=1S/C23H33N3O6/c1-24-23(26-14-15-10-20(30-5)22(32-7)21(11-15)31-6)25-9-8-17-18(28-3)12-16(27-2)13-19(17)29-4/h10-13H,8-9,14H2,1-7H3,(H2,24,25,26). The summed E-state index contributed by atoms with van der Waals surface area (Å²) < 4.78 is 32.5. The molecule has 2 aromatic rings. The monoisotopic (exact) mass is 447 g/mol. The summed E-state index contributed by atoms with van der Waals surface area (Å²) >= 11 is 0. The summed E-state index contributed by atoms with van der Waals surface area (Å²) in [4.78, 5) is 4.29. The number of aliphatic imine (C=N–C) groups is 1. The zero-order chi connectivity index (χ0) is 23.5. The lowest BCUT2D eigenvalue weighted by Gasteiger charge is -2.17. The molecule has 2 rings (SSSR count). The molecule has 9 heteroatoms. The molecule has 2 N–H and O–H groups in total. The third-order valence-electron chi connectivity index (χ3n) is 4.89. The third-order valence-corrected chi connectivity index (χ3v) is 4.89. The Labute approximate surface area is 189 Å². The van der Waals surface area contributed by atoms with Crippen LogP contribution >= 0.6 is 0 Å². The molecule has 0 amide bonds. The van der Waals surface area contributed by atoms with Crippen molar-refractivity contribution in [2.75, 3.05) is 56.3 Å². The fourth-order valence-electron chi connectivity index (χ4n) is 3.27. The first kappa shape index (κ1) is 24.8. The summed E-state index contributed by atoms with van der Waals surface area (Å²) in [6, 6.07) is 7.48. The fraction of sp³-hybridized carbons (Fsp3) is 0.435. The predicted octanol–water partition coefficient (Wildman–Crippen LogP) is 2.65. The van der Waals surface area contributed by atoms with Crippen LogP contribution < -0.4 is 39.1 Å². The molecule has 9 nitrogen and oxygen atoms in total. The molecule has 0 heterocycles. The van der Waals surface area contributed by atoms with Gasteiger partial charge in [0.25, 0.3) is 0 Å². The van der Waals surface area contributed by atoms with Gasteiger partial charge >= 0.3 is 0 Å². The van der Waals surface area contributed by atoms with Crippen molar-refractivity contribution < 1.29 is 28.4 Å². The van der Waals surface area contributed by atoms with E-state index in [9.17, 15) is 0 Å². The quantitative estimate of drug-likeness (QED) is 0.401. The van der Waals surface area contributed by atoms with E-state index in [-0.39, 0.29) is 0 Å². The summed E-state index contributed by atoms with van der Waals surface area (Å²) in [5.74, 6) is 4.52. The summed E-state index contributed by atoms with van der Waals surface area (Å²) in [5.41, 5.74) is 1.91. The molecular formula is C23H33N3O6. The summed E-state index contributed by atoms with van der Waals surface area (Å²) in [6.07, 6.45) is 0.668. The smallest absolute Gasteiger partial charge is 0.203 e. The Hall–Kier alpha value is -3.49. The normalized spacial score (nSPS) is 10.9. The van der Waals surface area contributed by atoms with E-state index in [1.165, 1.54) is 0 Å². The van der Waals surface area contributed by atoms with E-state index < -0.39 is 0 Å². The van der Waals surface area contributed by atoms with Crippen molar-refractivity contribution in [1.29, 1.82) is 0 Å². The summed E-state index contributed by atoms with van der Waals surface area (Å²) in [5, 5.41) is 6.60. The first-order valence-electron chi connectivity index (χ1n) is 10.1. The fourth-order valence-corrected chi connectivity index (χ4v) is 3.27. The number of nitrogens with one attached hydrogen (secondary N) is 2. The van der Waals surface area contributed by atoms with Crippen molar-refractivity contribution in [2.45, 2.75) is 13.0 Å². The van der Waals surface area contributed by atoms with Gasteiger partial charge < -0.3 is 39.1 Å². The Bertz CT molecular complexity index is 867. The second kappa shape index (κ2) is 12.4. The summed E-state index contributed by atoms with van der Waals surface area (Å²) in [6.45, 7) is 1.14. The highest BCUT2D eigenvalue weighted by atomic mass is 16.5. The number of rotatable bonds is 11. The largest absolute Gasteiger partial charge is 0.496 e. The van der Waals surface area contributed by atoms with Crippen LogP contribution in [0, 0.1) is 0 Å². The van der Waals surface area contributed by atoms with Crippen molar-refractivity contribution in [3.05, 3.63) is 35.4 Å². The van der Waals surface area contributed by atoms with Crippen LogP contribution in [0.4, 0.5) is 0 Å². The lowest BCUT2D eigenvalue weighted by molar-refractivity contribution is 0.323. The molecule has 0 atom stereocenters. The number of nitrogens with zero attached hydrogens (tertiary/aromatic N) is 1. The number of ether oxygens (including phenoxy) is 6. The van der Waals surface area contributed by atoms with E-state index in [0.29, 0.717) is 60.0 Å². The van der Waals surface area contributed by atoms with Gasteiger partial charge in [0.1, 0.15) is 17.2 Å². The molecule has 0 aliphatic heterocycles. The molecule has 0 spiro atoms. The van der Waals surface area contributed by atoms with Gasteiger partial charge in [-0.2, -0.15) is 0 Å². The number of guanidine groups is 1. The number of hydrogen-bond acceptors (Lipinski definition) is 7. The highest BCUT2D eigenvalue weighted by molar-refractivity contribution is 5.79. The second-order valence-electron chi connectivity index (χ2n) is 6.65. The van der Waals surface area contributed by atoms with Gasteiger partial charge in [-0.3, -0.25) is 4.99 Å². The molecule has 0 saturated carbocycles. The van der Waals surface area contributed by atoms with Gasteiger partial charge in [0.2, 0.25) is 5.75 Å². The van der Waals surface area contributed by atoms with Crippen molar-refractivity contribution in [3.63, 3.8) is 0 Å². The number of benzene rings is 2. The van der Waals surface area contributed by atoms with Crippen LogP contribution in [0.25, 0.3) is 0 Å². The second-order valence-corrected chi connectivity index (χ2v) is 6.65. The van der Waals surface area contributed by atoms with Crippen LogP contribution in [0.1, 0.15) is 11.1 Å². The first-order chi connectivity index (χ1) is 15.5. The summed E-state index contributed by atoms with van der Waals surface area (Å²) in [7, 11) is 11.4. The van der Waals surface area contributed by atoms with Gasteiger partial charge in [0.05, 0.1) is 42.7 Å². The molecule has 176 valence electrons. The van der Waals surface area contributed by atoms with Crippen molar-refractivity contribution in [2.24, 2.45) is 4.99 Å². The van der Waals surface area contributed by atoms with E-state index in [0.717, 1.165) is 11.1 Å². The maximum atomic E-state index is 5.51. The predicted molar refractivity (Wildman–Crippen MR) is 124 cm³/mol. The molecule has 0 radical (unpaired) electrons. The van der Waals surface area contributed by atoms with E-state index in [1.807, 2.05) is 24.3 Å². The Morgan fingerprint density at radius 2 is 1.28 bits per heavy atom. The maximum absolute atomic E-state index is 5.51. The van der Waals surface area contributed by atoms with E-state index in [1.54, 1.807) is 49.7 Å². The molecule has 0 fully saturated rings. The van der Waals surface area contributed by atoms with Crippen LogP contribution in [0.3, 0.4) is 0 Å². The SMILES string of the molecule is CN=C(NCCc1c(OC)cc(OC)cc1OC)NCc1cc(OC)c(OC)c(OC)c1. The topological polar surface area (TPSA) is 91.8 Å². The first-order valence-corrected chi connectivity index (χ1v) is 10.1. The van der Waals surface area contributed by atoms with Gasteiger partial charge in [0.15, 0.2) is 17.5 Å². The zero-order valence-corrected chi connectivity index (χ0v) is 19.8. The van der Waals surface area contributed by atoms with E-state index in [2.05, 4.69) is 15.6 Å². The number of methoxy groups -OCH3 is 6. The zero-order valence-electron chi connectivity index (χ0n) is 19.8. The molecule has 0 aliphatic carbocycles. The van der Waals surface area contributed by atoms with Crippen molar-refractivity contribution in [1.82, 2.24) is 10.6 Å². The van der Waals surface area contributed by atoms with Crippen LogP contribution in [-0.4, -0.2) is 62.2 Å². The minimum absolute atomic E-state index is 0.519. The van der Waals surface area contributed by atoms with Crippen LogP contribution in [-0.2, 0) is 13.0 Å². The Kier molecular flexibility index (Phi) is 9.59. The van der Waals surface area contributed by atoms with Gasteiger partial charge in [-0.05, 0) is 24.1 Å². The van der Waals surface area contributed by atoms with Crippen molar-refractivity contribution >= 4 is 5.96 Å². The van der Waals surface area contributed by atoms with E-state index >= 15 is 0 Å².